The van der Waals surface area contributed by atoms with Crippen molar-refractivity contribution < 1.29 is 13.5 Å². The van der Waals surface area contributed by atoms with Crippen molar-refractivity contribution >= 4 is 18.4 Å². The fourth-order valence-electron chi connectivity index (χ4n) is 2.83. The highest BCUT2D eigenvalue weighted by atomic mass is 32.1. The molecule has 0 saturated carbocycles. The van der Waals surface area contributed by atoms with Crippen LogP contribution in [0.4, 0.5) is 4.39 Å². The topological polar surface area (TPSA) is 68.3 Å². The van der Waals surface area contributed by atoms with E-state index in [1.807, 2.05) is 24.3 Å². The van der Waals surface area contributed by atoms with Crippen LogP contribution in [0, 0.1) is 10.6 Å². The molecule has 2 heterocycles. The van der Waals surface area contributed by atoms with Crippen molar-refractivity contribution in [3.05, 3.63) is 88.4 Å². The Bertz CT molecular complexity index is 1210. The SMILES string of the molecule is COc1ccc(Cc2n[nH]c(=S)n2/N=C\c2ccc(-c3ccccc3F)o2)cc1. The summed E-state index contributed by atoms with van der Waals surface area (Å²) in [5.41, 5.74) is 1.43. The average Bonchev–Trinajstić information content (AvgIpc) is 3.34. The van der Waals surface area contributed by atoms with E-state index < -0.39 is 0 Å². The van der Waals surface area contributed by atoms with Crippen LogP contribution in [0.25, 0.3) is 11.3 Å². The van der Waals surface area contributed by atoms with Crippen LogP contribution in [-0.4, -0.2) is 28.2 Å². The molecule has 0 radical (unpaired) electrons. The Hall–Kier alpha value is -3.52. The van der Waals surface area contributed by atoms with Gasteiger partial charge in [0.1, 0.15) is 23.1 Å². The molecule has 4 aromatic rings. The van der Waals surface area contributed by atoms with Crippen molar-refractivity contribution in [2.24, 2.45) is 5.10 Å². The first kappa shape index (κ1) is 18.8. The molecule has 0 fully saturated rings. The third-order valence-corrected chi connectivity index (χ3v) is 4.57. The number of hydrogen-bond donors (Lipinski definition) is 1. The number of methoxy groups -OCH3 is 1. The lowest BCUT2D eigenvalue weighted by Crippen LogP contribution is -2.00. The van der Waals surface area contributed by atoms with Gasteiger partial charge in [0.05, 0.1) is 18.9 Å². The van der Waals surface area contributed by atoms with Crippen LogP contribution in [0.1, 0.15) is 17.1 Å². The molecule has 2 aromatic heterocycles. The number of ether oxygens (including phenoxy) is 1. The number of hydrogen-bond acceptors (Lipinski definition) is 5. The minimum atomic E-state index is -0.343. The molecule has 0 aliphatic carbocycles. The molecule has 0 aliphatic heterocycles. The Balaban J connectivity index is 1.55. The molecule has 1 N–H and O–H groups in total. The van der Waals surface area contributed by atoms with Crippen molar-refractivity contribution in [1.29, 1.82) is 0 Å². The summed E-state index contributed by atoms with van der Waals surface area (Å²) in [6.07, 6.45) is 2.06. The molecule has 0 amide bonds. The van der Waals surface area contributed by atoms with Gasteiger partial charge in [-0.15, -0.1) is 0 Å². The van der Waals surface area contributed by atoms with Gasteiger partial charge in [0.15, 0.2) is 5.82 Å². The normalized spacial score (nSPS) is 11.2. The molecule has 146 valence electrons. The minimum absolute atomic E-state index is 0.343. The molecule has 0 unspecified atom stereocenters. The molecule has 29 heavy (non-hydrogen) atoms. The largest absolute Gasteiger partial charge is 0.497 e. The number of halogens is 1. The number of nitrogens with one attached hydrogen (secondary N) is 1. The maximum absolute atomic E-state index is 13.9. The van der Waals surface area contributed by atoms with Gasteiger partial charge < -0.3 is 9.15 Å². The van der Waals surface area contributed by atoms with E-state index in [1.165, 1.54) is 17.0 Å². The molecule has 0 saturated heterocycles. The lowest BCUT2D eigenvalue weighted by atomic mass is 10.1. The molecule has 0 bridgehead atoms. The van der Waals surface area contributed by atoms with E-state index in [1.54, 1.807) is 37.4 Å². The van der Waals surface area contributed by atoms with Gasteiger partial charge in [0.25, 0.3) is 0 Å². The van der Waals surface area contributed by atoms with Crippen LogP contribution in [-0.2, 0) is 6.42 Å². The molecular formula is C21H17FN4O2S. The number of aromatic amines is 1. The van der Waals surface area contributed by atoms with Gasteiger partial charge in [-0.05, 0) is 54.2 Å². The third kappa shape index (κ3) is 4.17. The smallest absolute Gasteiger partial charge is 0.216 e. The Morgan fingerprint density at radius 1 is 1.17 bits per heavy atom. The third-order valence-electron chi connectivity index (χ3n) is 4.31. The molecule has 6 nitrogen and oxygen atoms in total. The van der Waals surface area contributed by atoms with Gasteiger partial charge in [0, 0.05) is 6.42 Å². The Labute approximate surface area is 171 Å². The zero-order valence-corrected chi connectivity index (χ0v) is 16.3. The van der Waals surface area contributed by atoms with Gasteiger partial charge in [-0.25, -0.2) is 4.39 Å². The summed E-state index contributed by atoms with van der Waals surface area (Å²) in [7, 11) is 1.63. The Morgan fingerprint density at radius 2 is 1.97 bits per heavy atom. The number of furan rings is 1. The van der Waals surface area contributed by atoms with Crippen LogP contribution in [0.3, 0.4) is 0 Å². The lowest BCUT2D eigenvalue weighted by Gasteiger charge is -2.03. The van der Waals surface area contributed by atoms with E-state index in [9.17, 15) is 4.39 Å². The number of H-pyrrole nitrogens is 1. The average molecular weight is 408 g/mol. The highest BCUT2D eigenvalue weighted by Gasteiger charge is 2.09. The second-order valence-corrected chi connectivity index (χ2v) is 6.59. The number of benzene rings is 2. The summed E-state index contributed by atoms with van der Waals surface area (Å²) in [5, 5.41) is 11.4. The van der Waals surface area contributed by atoms with Crippen molar-refractivity contribution in [1.82, 2.24) is 14.9 Å². The van der Waals surface area contributed by atoms with Crippen LogP contribution in [0.15, 0.2) is 70.2 Å². The summed E-state index contributed by atoms with van der Waals surface area (Å²) >= 11 is 5.27. The second-order valence-electron chi connectivity index (χ2n) is 6.21. The van der Waals surface area contributed by atoms with Gasteiger partial charge in [-0.1, -0.05) is 24.3 Å². The highest BCUT2D eigenvalue weighted by Crippen LogP contribution is 2.24. The van der Waals surface area contributed by atoms with E-state index in [2.05, 4.69) is 15.3 Å². The van der Waals surface area contributed by atoms with E-state index >= 15 is 0 Å². The maximum atomic E-state index is 13.9. The highest BCUT2D eigenvalue weighted by molar-refractivity contribution is 7.71. The first-order valence-electron chi connectivity index (χ1n) is 8.82. The fraction of sp³-hybridized carbons (Fsp3) is 0.0952. The Morgan fingerprint density at radius 3 is 2.72 bits per heavy atom. The molecule has 0 atom stereocenters. The summed E-state index contributed by atoms with van der Waals surface area (Å²) in [6.45, 7) is 0. The quantitative estimate of drug-likeness (QED) is 0.367. The van der Waals surface area contributed by atoms with Gasteiger partial charge >= 0.3 is 0 Å². The minimum Gasteiger partial charge on any atom is -0.497 e. The summed E-state index contributed by atoms with van der Waals surface area (Å²) < 4.78 is 26.7. The second kappa shape index (κ2) is 8.24. The fourth-order valence-corrected chi connectivity index (χ4v) is 3.02. The van der Waals surface area contributed by atoms with Crippen LogP contribution < -0.4 is 4.74 Å². The van der Waals surface area contributed by atoms with Gasteiger partial charge in [-0.2, -0.15) is 14.9 Å². The van der Waals surface area contributed by atoms with E-state index in [0.717, 1.165) is 11.3 Å². The molecule has 8 heteroatoms. The monoisotopic (exact) mass is 408 g/mol. The summed E-state index contributed by atoms with van der Waals surface area (Å²) in [5.74, 6) is 2.00. The summed E-state index contributed by atoms with van der Waals surface area (Å²) in [4.78, 5) is 0. The zero-order chi connectivity index (χ0) is 20.2. The van der Waals surface area contributed by atoms with Crippen LogP contribution >= 0.6 is 12.2 Å². The Kier molecular flexibility index (Phi) is 5.35. The molecule has 4 rings (SSSR count). The number of nitrogens with zero attached hydrogens (tertiary/aromatic N) is 3. The predicted octanol–water partition coefficient (Wildman–Crippen LogP) is 4.82. The predicted molar refractivity (Wildman–Crippen MR) is 110 cm³/mol. The first-order chi connectivity index (χ1) is 14.1. The molecule has 0 aliphatic rings. The van der Waals surface area contributed by atoms with E-state index in [4.69, 9.17) is 21.4 Å². The molecule has 2 aromatic carbocycles. The van der Waals surface area contributed by atoms with Crippen molar-refractivity contribution in [2.45, 2.75) is 6.42 Å². The first-order valence-corrected chi connectivity index (χ1v) is 9.23. The lowest BCUT2D eigenvalue weighted by molar-refractivity contribution is 0.414. The van der Waals surface area contributed by atoms with Crippen molar-refractivity contribution in [3.8, 4) is 17.1 Å². The number of aromatic nitrogens is 3. The van der Waals surface area contributed by atoms with E-state index in [0.29, 0.717) is 34.1 Å². The number of rotatable bonds is 6. The maximum Gasteiger partial charge on any atom is 0.216 e. The van der Waals surface area contributed by atoms with Crippen LogP contribution in [0.5, 0.6) is 5.75 Å². The molecule has 0 spiro atoms. The van der Waals surface area contributed by atoms with Crippen molar-refractivity contribution in [2.75, 3.05) is 7.11 Å². The van der Waals surface area contributed by atoms with Crippen LogP contribution in [0.2, 0.25) is 0 Å². The van der Waals surface area contributed by atoms with Gasteiger partial charge in [0.2, 0.25) is 4.77 Å². The molecular weight excluding hydrogens is 391 g/mol. The zero-order valence-electron chi connectivity index (χ0n) is 15.5. The van der Waals surface area contributed by atoms with Crippen molar-refractivity contribution in [3.63, 3.8) is 0 Å². The standard InChI is InChI=1S/C21H17FN4O2S/c1-27-15-8-6-14(7-9-15)12-20-24-25-21(29)26(20)23-13-16-10-11-19(28-16)17-4-2-3-5-18(17)22/h2-11,13H,12H2,1H3,(H,25,29)/b23-13-. The van der Waals surface area contributed by atoms with Gasteiger partial charge in [-0.3, -0.25) is 5.10 Å². The summed E-state index contributed by atoms with van der Waals surface area (Å²) in [6, 6.07) is 17.5. The van der Waals surface area contributed by atoms with E-state index in [-0.39, 0.29) is 5.82 Å².